The molecule has 0 aliphatic heterocycles. The smallest absolute Gasteiger partial charge is 0.208 e. The van der Waals surface area contributed by atoms with Crippen LogP contribution in [0.3, 0.4) is 0 Å². The number of nitrogens with two attached hydrogens (primary N) is 1. The van der Waals surface area contributed by atoms with Gasteiger partial charge in [0.05, 0.1) is 12.1 Å². The van der Waals surface area contributed by atoms with Gasteiger partial charge >= 0.3 is 0 Å². The standard InChI is InChI=1S/C18H17N7/c19-17-16(7-4-9-20-17)18-21-23-25(22-18)13-15-8-10-24(12-15)11-14-5-2-1-3-6-14/h1-10,12H,11,13H2,(H2,19,20). The van der Waals surface area contributed by atoms with Gasteiger partial charge in [-0.15, -0.1) is 10.2 Å². The Balaban J connectivity index is 1.47. The SMILES string of the molecule is Nc1ncccc1-c1nnn(Cc2ccn(Cc3ccccc3)c2)n1. The number of nitrogens with zero attached hydrogens (tertiary/aromatic N) is 6. The predicted octanol–water partition coefficient (Wildman–Crippen LogP) is 2.22. The summed E-state index contributed by atoms with van der Waals surface area (Å²) in [6.07, 6.45) is 5.78. The van der Waals surface area contributed by atoms with Gasteiger partial charge in [0.25, 0.3) is 0 Å². The van der Waals surface area contributed by atoms with Gasteiger partial charge in [-0.2, -0.15) is 4.80 Å². The van der Waals surface area contributed by atoms with Gasteiger partial charge in [-0.05, 0) is 34.5 Å². The molecule has 4 aromatic rings. The summed E-state index contributed by atoms with van der Waals surface area (Å²) in [5.41, 5.74) is 8.92. The van der Waals surface area contributed by atoms with Crippen LogP contribution < -0.4 is 5.73 Å². The number of aromatic nitrogens is 6. The number of hydrogen-bond acceptors (Lipinski definition) is 5. The molecule has 0 bridgehead atoms. The first-order valence-corrected chi connectivity index (χ1v) is 7.95. The molecule has 3 heterocycles. The first kappa shape index (κ1) is 15.1. The van der Waals surface area contributed by atoms with Gasteiger partial charge in [0.1, 0.15) is 5.82 Å². The summed E-state index contributed by atoms with van der Waals surface area (Å²) >= 11 is 0. The summed E-state index contributed by atoms with van der Waals surface area (Å²) in [7, 11) is 0. The van der Waals surface area contributed by atoms with E-state index in [4.69, 9.17) is 5.73 Å². The van der Waals surface area contributed by atoms with Crippen molar-refractivity contribution in [2.24, 2.45) is 0 Å². The van der Waals surface area contributed by atoms with Gasteiger partial charge in [0.2, 0.25) is 5.82 Å². The van der Waals surface area contributed by atoms with Crippen molar-refractivity contribution < 1.29 is 0 Å². The van der Waals surface area contributed by atoms with Crippen molar-refractivity contribution in [2.45, 2.75) is 13.1 Å². The Hall–Kier alpha value is -3.48. The van der Waals surface area contributed by atoms with Crippen LogP contribution in [0.2, 0.25) is 0 Å². The first-order chi connectivity index (χ1) is 12.3. The van der Waals surface area contributed by atoms with Crippen molar-refractivity contribution >= 4 is 5.82 Å². The Morgan fingerprint density at radius 1 is 0.920 bits per heavy atom. The highest BCUT2D eigenvalue weighted by Gasteiger charge is 2.10. The molecule has 0 saturated carbocycles. The average molecular weight is 331 g/mol. The molecule has 0 radical (unpaired) electrons. The maximum Gasteiger partial charge on any atom is 0.208 e. The second-order valence-corrected chi connectivity index (χ2v) is 5.76. The van der Waals surface area contributed by atoms with E-state index in [1.165, 1.54) is 5.56 Å². The molecule has 0 unspecified atom stereocenters. The van der Waals surface area contributed by atoms with Crippen LogP contribution >= 0.6 is 0 Å². The van der Waals surface area contributed by atoms with E-state index in [2.05, 4.69) is 55.6 Å². The lowest BCUT2D eigenvalue weighted by Crippen LogP contribution is -2.04. The van der Waals surface area contributed by atoms with Crippen LogP contribution in [0, 0.1) is 0 Å². The molecule has 0 aliphatic rings. The van der Waals surface area contributed by atoms with E-state index in [1.807, 2.05) is 24.3 Å². The highest BCUT2D eigenvalue weighted by atomic mass is 15.6. The Kier molecular flexibility index (Phi) is 3.96. The summed E-state index contributed by atoms with van der Waals surface area (Å²) in [5.74, 6) is 0.880. The number of pyridine rings is 1. The fourth-order valence-corrected chi connectivity index (χ4v) is 2.66. The fraction of sp³-hybridized carbons (Fsp3) is 0.111. The van der Waals surface area contributed by atoms with Crippen LogP contribution in [0.15, 0.2) is 67.1 Å². The second-order valence-electron chi connectivity index (χ2n) is 5.76. The maximum atomic E-state index is 5.86. The lowest BCUT2D eigenvalue weighted by molar-refractivity contribution is 0.572. The van der Waals surface area contributed by atoms with E-state index in [0.29, 0.717) is 23.8 Å². The topological polar surface area (TPSA) is 87.4 Å². The summed E-state index contributed by atoms with van der Waals surface area (Å²) in [5, 5.41) is 12.6. The van der Waals surface area contributed by atoms with Gasteiger partial charge in [-0.25, -0.2) is 4.98 Å². The van der Waals surface area contributed by atoms with Crippen molar-refractivity contribution in [3.8, 4) is 11.4 Å². The van der Waals surface area contributed by atoms with Gasteiger partial charge in [-0.3, -0.25) is 0 Å². The maximum absolute atomic E-state index is 5.86. The molecular formula is C18H17N7. The average Bonchev–Trinajstić information content (AvgIpc) is 3.26. The summed E-state index contributed by atoms with van der Waals surface area (Å²) < 4.78 is 2.14. The molecule has 2 N–H and O–H groups in total. The minimum absolute atomic E-state index is 0.399. The molecule has 0 fully saturated rings. The lowest BCUT2D eigenvalue weighted by atomic mass is 10.2. The number of tetrazole rings is 1. The zero-order valence-electron chi connectivity index (χ0n) is 13.5. The molecule has 1 aromatic carbocycles. The Morgan fingerprint density at radius 3 is 2.64 bits per heavy atom. The van der Waals surface area contributed by atoms with Crippen molar-refractivity contribution in [1.82, 2.24) is 29.8 Å². The third kappa shape index (κ3) is 3.40. The summed E-state index contributed by atoms with van der Waals surface area (Å²) in [6.45, 7) is 1.39. The zero-order chi connectivity index (χ0) is 17.1. The van der Waals surface area contributed by atoms with Crippen LogP contribution in [-0.4, -0.2) is 29.8 Å². The van der Waals surface area contributed by atoms with E-state index < -0.39 is 0 Å². The monoisotopic (exact) mass is 331 g/mol. The van der Waals surface area contributed by atoms with Crippen LogP contribution in [0.5, 0.6) is 0 Å². The minimum atomic E-state index is 0.399. The van der Waals surface area contributed by atoms with Crippen molar-refractivity contribution in [1.29, 1.82) is 0 Å². The number of benzene rings is 1. The van der Waals surface area contributed by atoms with Crippen LogP contribution in [0.1, 0.15) is 11.1 Å². The molecule has 25 heavy (non-hydrogen) atoms. The van der Waals surface area contributed by atoms with Crippen LogP contribution in [0.25, 0.3) is 11.4 Å². The van der Waals surface area contributed by atoms with Crippen molar-refractivity contribution in [3.05, 3.63) is 78.2 Å². The van der Waals surface area contributed by atoms with E-state index in [1.54, 1.807) is 17.1 Å². The van der Waals surface area contributed by atoms with Crippen molar-refractivity contribution in [2.75, 3.05) is 5.73 Å². The van der Waals surface area contributed by atoms with E-state index in [9.17, 15) is 0 Å². The molecule has 124 valence electrons. The molecule has 0 aliphatic carbocycles. The summed E-state index contributed by atoms with van der Waals surface area (Å²) in [6, 6.07) is 16.0. The minimum Gasteiger partial charge on any atom is -0.383 e. The van der Waals surface area contributed by atoms with E-state index in [-0.39, 0.29) is 0 Å². The molecule has 3 aromatic heterocycles. The van der Waals surface area contributed by atoms with Crippen LogP contribution in [0.4, 0.5) is 5.82 Å². The van der Waals surface area contributed by atoms with E-state index in [0.717, 1.165) is 12.1 Å². The van der Waals surface area contributed by atoms with Gasteiger partial charge in [0, 0.05) is 25.1 Å². The molecule has 0 saturated heterocycles. The third-order valence-electron chi connectivity index (χ3n) is 3.88. The predicted molar refractivity (Wildman–Crippen MR) is 94.5 cm³/mol. The Morgan fingerprint density at radius 2 is 1.80 bits per heavy atom. The quantitative estimate of drug-likeness (QED) is 0.606. The number of nitrogen functional groups attached to an aromatic ring is 1. The second kappa shape index (κ2) is 6.56. The molecule has 7 nitrogen and oxygen atoms in total. The molecule has 7 heteroatoms. The third-order valence-corrected chi connectivity index (χ3v) is 3.88. The number of hydrogen-bond donors (Lipinski definition) is 1. The normalized spacial score (nSPS) is 10.9. The highest BCUT2D eigenvalue weighted by Crippen LogP contribution is 2.18. The largest absolute Gasteiger partial charge is 0.383 e. The molecule has 0 amide bonds. The number of anilines is 1. The van der Waals surface area contributed by atoms with Crippen molar-refractivity contribution in [3.63, 3.8) is 0 Å². The Bertz CT molecular complexity index is 972. The van der Waals surface area contributed by atoms with Crippen LogP contribution in [-0.2, 0) is 13.1 Å². The van der Waals surface area contributed by atoms with E-state index >= 15 is 0 Å². The lowest BCUT2D eigenvalue weighted by Gasteiger charge is -2.02. The molecule has 4 rings (SSSR count). The summed E-state index contributed by atoms with van der Waals surface area (Å²) in [4.78, 5) is 5.61. The highest BCUT2D eigenvalue weighted by molar-refractivity contribution is 5.66. The van der Waals surface area contributed by atoms with Gasteiger partial charge in [0.15, 0.2) is 0 Å². The van der Waals surface area contributed by atoms with Gasteiger partial charge < -0.3 is 10.3 Å². The molecule has 0 atom stereocenters. The molecular weight excluding hydrogens is 314 g/mol. The number of rotatable bonds is 5. The zero-order valence-corrected chi connectivity index (χ0v) is 13.5. The molecule has 0 spiro atoms. The van der Waals surface area contributed by atoms with Gasteiger partial charge in [-0.1, -0.05) is 30.3 Å². The fourth-order valence-electron chi connectivity index (χ4n) is 2.66. The first-order valence-electron chi connectivity index (χ1n) is 7.95. The Labute approximate surface area is 144 Å².